The summed E-state index contributed by atoms with van der Waals surface area (Å²) in [5, 5.41) is 10.5. The number of hydrogen-bond donors (Lipinski definition) is 2. The number of nitrogens with one attached hydrogen (secondary N) is 1. The molecule has 0 bridgehead atoms. The Bertz CT molecular complexity index is 988. The molecular weight excluding hydrogens is 405 g/mol. The Morgan fingerprint density at radius 2 is 2.00 bits per heavy atom. The van der Waals surface area contributed by atoms with Gasteiger partial charge in [-0.2, -0.15) is 18.3 Å². The second-order valence-electron chi connectivity index (χ2n) is 5.59. The second kappa shape index (κ2) is 7.98. The van der Waals surface area contributed by atoms with E-state index in [4.69, 9.17) is 9.88 Å². The summed E-state index contributed by atoms with van der Waals surface area (Å²) in [5.41, 5.74) is -1.07. The maximum Gasteiger partial charge on any atom is 0.435 e. The van der Waals surface area contributed by atoms with Gasteiger partial charge in [0.05, 0.1) is 4.90 Å². The molecule has 0 saturated carbocycles. The number of carbonyl (C=O) groups excluding carboxylic acids is 2. The van der Waals surface area contributed by atoms with Crippen LogP contribution in [0, 0.1) is 0 Å². The highest BCUT2D eigenvalue weighted by Crippen LogP contribution is 2.27. The highest BCUT2D eigenvalue weighted by Gasteiger charge is 2.33. The normalized spacial score (nSPS) is 13.0. The molecule has 1 atom stereocenters. The average molecular weight is 420 g/mol. The van der Waals surface area contributed by atoms with Gasteiger partial charge in [-0.1, -0.05) is 6.07 Å². The van der Waals surface area contributed by atoms with E-state index in [1.54, 1.807) is 0 Å². The van der Waals surface area contributed by atoms with Gasteiger partial charge < -0.3 is 10.1 Å². The Balaban J connectivity index is 1.95. The van der Waals surface area contributed by atoms with Crippen molar-refractivity contribution in [3.8, 4) is 0 Å². The molecule has 1 amide bonds. The molecule has 28 heavy (non-hydrogen) atoms. The maximum atomic E-state index is 12.5. The number of anilines is 1. The number of halogens is 3. The molecule has 152 valence electrons. The van der Waals surface area contributed by atoms with E-state index in [9.17, 15) is 31.2 Å². The SMILES string of the molecule is CC(OC(=O)Cn1ccc(C(F)(F)F)n1)C(=O)Nc1cccc(S(N)(=O)=O)c1. The lowest BCUT2D eigenvalue weighted by Crippen LogP contribution is -2.31. The molecule has 13 heteroatoms. The van der Waals surface area contributed by atoms with Crippen LogP contribution in [-0.4, -0.2) is 36.2 Å². The summed E-state index contributed by atoms with van der Waals surface area (Å²) in [4.78, 5) is 23.6. The van der Waals surface area contributed by atoms with Gasteiger partial charge in [0.15, 0.2) is 11.8 Å². The van der Waals surface area contributed by atoms with Crippen LogP contribution in [0.25, 0.3) is 0 Å². The summed E-state index contributed by atoms with van der Waals surface area (Å²) < 4.78 is 65.6. The molecule has 1 heterocycles. The molecule has 0 aliphatic rings. The Kier molecular flexibility index (Phi) is 6.09. The molecule has 0 saturated heterocycles. The van der Waals surface area contributed by atoms with Gasteiger partial charge in [-0.3, -0.25) is 14.3 Å². The molecule has 0 spiro atoms. The van der Waals surface area contributed by atoms with Crippen LogP contribution in [0.1, 0.15) is 12.6 Å². The number of benzene rings is 1. The van der Waals surface area contributed by atoms with E-state index < -0.39 is 46.4 Å². The van der Waals surface area contributed by atoms with Gasteiger partial charge >= 0.3 is 12.1 Å². The largest absolute Gasteiger partial charge is 0.451 e. The van der Waals surface area contributed by atoms with Crippen LogP contribution in [0.3, 0.4) is 0 Å². The van der Waals surface area contributed by atoms with Gasteiger partial charge in [0.1, 0.15) is 6.54 Å². The van der Waals surface area contributed by atoms with Crippen molar-refractivity contribution in [2.75, 3.05) is 5.32 Å². The van der Waals surface area contributed by atoms with E-state index in [1.165, 1.54) is 25.1 Å². The lowest BCUT2D eigenvalue weighted by atomic mass is 10.3. The molecule has 1 aromatic carbocycles. The number of alkyl halides is 3. The van der Waals surface area contributed by atoms with Crippen molar-refractivity contribution >= 4 is 27.6 Å². The lowest BCUT2D eigenvalue weighted by molar-refractivity contribution is -0.154. The van der Waals surface area contributed by atoms with Crippen LogP contribution in [0.4, 0.5) is 18.9 Å². The first-order valence-electron chi connectivity index (χ1n) is 7.60. The fourth-order valence-corrected chi connectivity index (χ4v) is 2.58. The standard InChI is InChI=1S/C15H15F3N4O5S/c1-9(14(24)20-10-3-2-4-11(7-10)28(19,25)26)27-13(23)8-22-6-5-12(21-22)15(16,17)18/h2-7,9H,8H2,1H3,(H,20,24)(H2,19,25,26). The summed E-state index contributed by atoms with van der Waals surface area (Å²) in [7, 11) is -3.97. The monoisotopic (exact) mass is 420 g/mol. The Hall–Kier alpha value is -2.93. The van der Waals surface area contributed by atoms with Gasteiger partial charge in [0.2, 0.25) is 10.0 Å². The number of nitrogens with zero attached hydrogens (tertiary/aromatic N) is 2. The molecule has 0 radical (unpaired) electrons. The van der Waals surface area contributed by atoms with Crippen molar-refractivity contribution < 1.29 is 35.9 Å². The molecule has 9 nitrogen and oxygen atoms in total. The molecule has 0 aliphatic carbocycles. The topological polar surface area (TPSA) is 133 Å². The molecule has 1 aromatic heterocycles. The van der Waals surface area contributed by atoms with Crippen LogP contribution in [0.15, 0.2) is 41.4 Å². The number of hydrogen-bond acceptors (Lipinski definition) is 6. The van der Waals surface area contributed by atoms with Crippen LogP contribution in [0.5, 0.6) is 0 Å². The fraction of sp³-hybridized carbons (Fsp3) is 0.267. The van der Waals surface area contributed by atoms with Crippen molar-refractivity contribution in [1.29, 1.82) is 0 Å². The number of carbonyl (C=O) groups is 2. The van der Waals surface area contributed by atoms with Gasteiger partial charge in [0.25, 0.3) is 5.91 Å². The first-order chi connectivity index (χ1) is 12.9. The third kappa shape index (κ3) is 5.79. The van der Waals surface area contributed by atoms with Gasteiger partial charge in [-0.05, 0) is 31.2 Å². The lowest BCUT2D eigenvalue weighted by Gasteiger charge is -2.14. The zero-order valence-corrected chi connectivity index (χ0v) is 15.1. The predicted molar refractivity (Wildman–Crippen MR) is 89.2 cm³/mol. The highest BCUT2D eigenvalue weighted by atomic mass is 32.2. The molecular formula is C15H15F3N4O5S. The number of rotatable bonds is 6. The van der Waals surface area contributed by atoms with Crippen LogP contribution in [-0.2, 0) is 37.1 Å². The van der Waals surface area contributed by atoms with Crippen LogP contribution in [0.2, 0.25) is 0 Å². The highest BCUT2D eigenvalue weighted by molar-refractivity contribution is 7.89. The van der Waals surface area contributed by atoms with E-state index in [1.807, 2.05) is 0 Å². The minimum Gasteiger partial charge on any atom is -0.451 e. The average Bonchev–Trinajstić information content (AvgIpc) is 3.02. The molecule has 2 rings (SSSR count). The van der Waals surface area contributed by atoms with Gasteiger partial charge in [-0.25, -0.2) is 13.6 Å². The molecule has 0 fully saturated rings. The van der Waals surface area contributed by atoms with Crippen LogP contribution >= 0.6 is 0 Å². The summed E-state index contributed by atoms with van der Waals surface area (Å²) >= 11 is 0. The molecule has 2 aromatic rings. The Labute approximate surface area is 157 Å². The smallest absolute Gasteiger partial charge is 0.435 e. The van der Waals surface area contributed by atoms with Crippen molar-refractivity contribution in [3.05, 3.63) is 42.2 Å². The summed E-state index contributed by atoms with van der Waals surface area (Å²) in [6.07, 6.45) is -5.00. The van der Waals surface area contributed by atoms with E-state index in [0.29, 0.717) is 6.07 Å². The maximum absolute atomic E-state index is 12.5. The van der Waals surface area contributed by atoms with Crippen molar-refractivity contribution in [1.82, 2.24) is 9.78 Å². The number of sulfonamides is 1. The fourth-order valence-electron chi connectivity index (χ4n) is 2.02. The number of nitrogens with two attached hydrogens (primary N) is 1. The van der Waals surface area contributed by atoms with Gasteiger partial charge in [0, 0.05) is 11.9 Å². The zero-order chi connectivity index (χ0) is 21.1. The van der Waals surface area contributed by atoms with E-state index in [-0.39, 0.29) is 10.6 Å². The minimum absolute atomic E-state index is 0.0984. The van der Waals surface area contributed by atoms with E-state index in [2.05, 4.69) is 10.4 Å². The Morgan fingerprint density at radius 1 is 1.32 bits per heavy atom. The Morgan fingerprint density at radius 3 is 2.57 bits per heavy atom. The summed E-state index contributed by atoms with van der Waals surface area (Å²) in [5.74, 6) is -1.77. The number of aromatic nitrogens is 2. The number of ether oxygens (including phenoxy) is 1. The van der Waals surface area contributed by atoms with E-state index >= 15 is 0 Å². The number of esters is 1. The number of amides is 1. The first-order valence-corrected chi connectivity index (χ1v) is 9.15. The predicted octanol–water partition coefficient (Wildman–Crippen LogP) is 1.12. The van der Waals surface area contributed by atoms with Crippen LogP contribution < -0.4 is 10.5 Å². The summed E-state index contributed by atoms with van der Waals surface area (Å²) in [6, 6.07) is 5.78. The first kappa shape index (κ1) is 21.4. The minimum atomic E-state index is -4.64. The summed E-state index contributed by atoms with van der Waals surface area (Å²) in [6.45, 7) is 0.607. The van der Waals surface area contributed by atoms with Crippen molar-refractivity contribution in [2.45, 2.75) is 30.6 Å². The zero-order valence-electron chi connectivity index (χ0n) is 14.3. The van der Waals surface area contributed by atoms with E-state index in [0.717, 1.165) is 16.9 Å². The molecule has 3 N–H and O–H groups in total. The van der Waals surface area contributed by atoms with Crippen molar-refractivity contribution in [3.63, 3.8) is 0 Å². The van der Waals surface area contributed by atoms with Crippen molar-refractivity contribution in [2.24, 2.45) is 5.14 Å². The second-order valence-corrected chi connectivity index (χ2v) is 7.15. The quantitative estimate of drug-likeness (QED) is 0.673. The molecule has 1 unspecified atom stereocenters. The molecule has 0 aliphatic heterocycles. The third-order valence-corrected chi connectivity index (χ3v) is 4.24. The number of primary sulfonamides is 1. The third-order valence-electron chi connectivity index (χ3n) is 3.33. The van der Waals surface area contributed by atoms with Gasteiger partial charge in [-0.15, -0.1) is 0 Å².